The van der Waals surface area contributed by atoms with Crippen LogP contribution in [-0.4, -0.2) is 25.7 Å². The Morgan fingerprint density at radius 2 is 2.04 bits per heavy atom. The van der Waals surface area contributed by atoms with Crippen molar-refractivity contribution in [2.75, 3.05) is 25.1 Å². The highest BCUT2D eigenvalue weighted by Crippen LogP contribution is 2.37. The number of benzene rings is 2. The molecule has 1 amide bonds. The number of nitriles is 1. The van der Waals surface area contributed by atoms with Gasteiger partial charge in [0.1, 0.15) is 11.8 Å². The van der Waals surface area contributed by atoms with E-state index in [9.17, 15) is 10.1 Å². The van der Waals surface area contributed by atoms with Crippen molar-refractivity contribution in [3.63, 3.8) is 0 Å². The summed E-state index contributed by atoms with van der Waals surface area (Å²) >= 11 is 0. The Morgan fingerprint density at radius 3 is 2.71 bits per heavy atom. The minimum absolute atomic E-state index is 0.0625. The molecule has 0 aliphatic carbocycles. The maximum Gasteiger partial charge on any atom is 0.235 e. The molecule has 28 heavy (non-hydrogen) atoms. The van der Waals surface area contributed by atoms with Crippen LogP contribution >= 0.6 is 0 Å². The Kier molecular flexibility index (Phi) is 6.33. The van der Waals surface area contributed by atoms with Gasteiger partial charge in [0, 0.05) is 18.9 Å². The van der Waals surface area contributed by atoms with Crippen LogP contribution in [0.2, 0.25) is 0 Å². The van der Waals surface area contributed by atoms with Crippen LogP contribution in [0.1, 0.15) is 42.9 Å². The molecule has 1 N–H and O–H groups in total. The minimum atomic E-state index is -0.630. The molecule has 1 heterocycles. The SMILES string of the molecule is CCCOc1ccc(NC(=O)C2(c3cccc(C)c3)CCOCC2)cc1C#N. The van der Waals surface area contributed by atoms with E-state index in [1.165, 1.54) is 0 Å². The first-order valence-electron chi connectivity index (χ1n) is 9.72. The number of carbonyl (C=O) groups is 1. The van der Waals surface area contributed by atoms with Gasteiger partial charge in [0.2, 0.25) is 5.91 Å². The Labute approximate surface area is 166 Å². The summed E-state index contributed by atoms with van der Waals surface area (Å²) in [5.74, 6) is 0.481. The Hall–Kier alpha value is -2.84. The summed E-state index contributed by atoms with van der Waals surface area (Å²) in [4.78, 5) is 13.4. The zero-order valence-corrected chi connectivity index (χ0v) is 16.5. The topological polar surface area (TPSA) is 71.3 Å². The zero-order chi connectivity index (χ0) is 20.0. The molecular formula is C23H26N2O3. The van der Waals surface area contributed by atoms with Gasteiger partial charge in [-0.05, 0) is 49.9 Å². The summed E-state index contributed by atoms with van der Waals surface area (Å²) in [5, 5.41) is 12.5. The van der Waals surface area contributed by atoms with E-state index in [0.29, 0.717) is 49.7 Å². The van der Waals surface area contributed by atoms with Gasteiger partial charge >= 0.3 is 0 Å². The lowest BCUT2D eigenvalue weighted by Gasteiger charge is -2.36. The number of rotatable bonds is 6. The maximum absolute atomic E-state index is 13.4. The number of hydrogen-bond acceptors (Lipinski definition) is 4. The van der Waals surface area contributed by atoms with Gasteiger partial charge in [-0.2, -0.15) is 5.26 Å². The third-order valence-electron chi connectivity index (χ3n) is 5.17. The number of hydrogen-bond donors (Lipinski definition) is 1. The molecule has 5 heteroatoms. The van der Waals surface area contributed by atoms with E-state index < -0.39 is 5.41 Å². The van der Waals surface area contributed by atoms with Gasteiger partial charge in [-0.25, -0.2) is 0 Å². The second-order valence-corrected chi connectivity index (χ2v) is 7.19. The minimum Gasteiger partial charge on any atom is -0.492 e. The Balaban J connectivity index is 1.88. The van der Waals surface area contributed by atoms with Gasteiger partial charge in [0.25, 0.3) is 0 Å². The number of nitrogens with one attached hydrogen (secondary N) is 1. The quantitative estimate of drug-likeness (QED) is 0.811. The first-order valence-corrected chi connectivity index (χ1v) is 9.72. The largest absolute Gasteiger partial charge is 0.492 e. The molecule has 146 valence electrons. The molecule has 1 aliphatic rings. The first kappa shape index (κ1) is 19.9. The number of amides is 1. The van der Waals surface area contributed by atoms with Crippen molar-refractivity contribution in [1.29, 1.82) is 5.26 Å². The summed E-state index contributed by atoms with van der Waals surface area (Å²) in [6, 6.07) is 15.5. The second kappa shape index (κ2) is 8.90. The van der Waals surface area contributed by atoms with Gasteiger partial charge < -0.3 is 14.8 Å². The standard InChI is InChI=1S/C23H26N2O3/c1-3-11-28-21-8-7-20(15-18(21)16-24)25-22(26)23(9-12-27-13-10-23)19-6-4-5-17(2)14-19/h4-8,14-15H,3,9-13H2,1-2H3,(H,25,26). The van der Waals surface area contributed by atoms with Gasteiger partial charge in [-0.3, -0.25) is 4.79 Å². The molecule has 0 aromatic heterocycles. The van der Waals surface area contributed by atoms with Crippen LogP contribution in [0.5, 0.6) is 5.75 Å². The first-order chi connectivity index (χ1) is 13.6. The van der Waals surface area contributed by atoms with Crippen LogP contribution in [0, 0.1) is 18.3 Å². The molecule has 0 atom stereocenters. The van der Waals surface area contributed by atoms with E-state index in [4.69, 9.17) is 9.47 Å². The summed E-state index contributed by atoms with van der Waals surface area (Å²) in [5.41, 5.74) is 2.53. The molecule has 1 fully saturated rings. The summed E-state index contributed by atoms with van der Waals surface area (Å²) in [6.07, 6.45) is 2.13. The molecule has 0 radical (unpaired) electrons. The number of nitrogens with zero attached hydrogens (tertiary/aromatic N) is 1. The van der Waals surface area contributed by atoms with E-state index in [1.807, 2.05) is 32.0 Å². The molecular weight excluding hydrogens is 352 g/mol. The van der Waals surface area contributed by atoms with Crippen molar-refractivity contribution in [2.45, 2.75) is 38.5 Å². The fourth-order valence-electron chi connectivity index (χ4n) is 3.59. The van der Waals surface area contributed by atoms with Crippen molar-refractivity contribution >= 4 is 11.6 Å². The van der Waals surface area contributed by atoms with Crippen LogP contribution in [0.25, 0.3) is 0 Å². The van der Waals surface area contributed by atoms with Crippen molar-refractivity contribution in [2.24, 2.45) is 0 Å². The summed E-state index contributed by atoms with van der Waals surface area (Å²) in [7, 11) is 0. The lowest BCUT2D eigenvalue weighted by atomic mass is 9.73. The fourth-order valence-corrected chi connectivity index (χ4v) is 3.59. The lowest BCUT2D eigenvalue weighted by molar-refractivity contribution is -0.125. The highest BCUT2D eigenvalue weighted by Gasteiger charge is 2.41. The molecule has 0 spiro atoms. The van der Waals surface area contributed by atoms with E-state index >= 15 is 0 Å². The van der Waals surface area contributed by atoms with Crippen LogP contribution in [0.3, 0.4) is 0 Å². The van der Waals surface area contributed by atoms with Crippen LogP contribution in [-0.2, 0) is 14.9 Å². The predicted molar refractivity (Wildman–Crippen MR) is 108 cm³/mol. The second-order valence-electron chi connectivity index (χ2n) is 7.19. The molecule has 1 saturated heterocycles. The molecule has 3 rings (SSSR count). The van der Waals surface area contributed by atoms with Crippen molar-refractivity contribution < 1.29 is 14.3 Å². The average molecular weight is 378 g/mol. The molecule has 2 aromatic rings. The number of anilines is 1. The molecule has 0 unspecified atom stereocenters. The highest BCUT2D eigenvalue weighted by molar-refractivity contribution is 5.99. The Bertz CT molecular complexity index is 880. The predicted octanol–water partition coefficient (Wildman–Crippen LogP) is 4.34. The number of ether oxygens (including phenoxy) is 2. The van der Waals surface area contributed by atoms with Crippen LogP contribution < -0.4 is 10.1 Å². The molecule has 0 saturated carbocycles. The number of aryl methyl sites for hydroxylation is 1. The van der Waals surface area contributed by atoms with Gasteiger partial charge in [0.15, 0.2) is 0 Å². The lowest BCUT2D eigenvalue weighted by Crippen LogP contribution is -2.44. The van der Waals surface area contributed by atoms with Gasteiger partial charge in [-0.1, -0.05) is 36.8 Å². The van der Waals surface area contributed by atoms with Crippen LogP contribution in [0.4, 0.5) is 5.69 Å². The van der Waals surface area contributed by atoms with E-state index in [1.54, 1.807) is 18.2 Å². The molecule has 0 bridgehead atoms. The normalized spacial score (nSPS) is 15.5. The average Bonchev–Trinajstić information content (AvgIpc) is 2.73. The van der Waals surface area contributed by atoms with Gasteiger partial charge in [-0.15, -0.1) is 0 Å². The maximum atomic E-state index is 13.4. The smallest absolute Gasteiger partial charge is 0.235 e. The molecule has 5 nitrogen and oxygen atoms in total. The zero-order valence-electron chi connectivity index (χ0n) is 16.5. The summed E-state index contributed by atoms with van der Waals surface area (Å²) in [6.45, 7) is 5.70. The Morgan fingerprint density at radius 1 is 1.25 bits per heavy atom. The molecule has 2 aromatic carbocycles. The third kappa shape index (κ3) is 4.18. The fraction of sp³-hybridized carbons (Fsp3) is 0.391. The van der Waals surface area contributed by atoms with Gasteiger partial charge in [0.05, 0.1) is 17.6 Å². The van der Waals surface area contributed by atoms with Crippen molar-refractivity contribution in [3.8, 4) is 11.8 Å². The van der Waals surface area contributed by atoms with Crippen molar-refractivity contribution in [1.82, 2.24) is 0 Å². The van der Waals surface area contributed by atoms with Crippen LogP contribution in [0.15, 0.2) is 42.5 Å². The summed E-state index contributed by atoms with van der Waals surface area (Å²) < 4.78 is 11.1. The third-order valence-corrected chi connectivity index (χ3v) is 5.17. The van der Waals surface area contributed by atoms with E-state index in [0.717, 1.165) is 17.5 Å². The van der Waals surface area contributed by atoms with Crippen molar-refractivity contribution in [3.05, 3.63) is 59.2 Å². The number of carbonyl (C=O) groups excluding carboxylic acids is 1. The van der Waals surface area contributed by atoms with E-state index in [2.05, 4.69) is 17.5 Å². The van der Waals surface area contributed by atoms with E-state index in [-0.39, 0.29) is 5.91 Å². The molecule has 1 aliphatic heterocycles. The highest BCUT2D eigenvalue weighted by atomic mass is 16.5. The monoisotopic (exact) mass is 378 g/mol.